The minimum Gasteiger partial charge on any atom is -0.381 e. The van der Waals surface area contributed by atoms with Crippen molar-refractivity contribution in [3.8, 4) is 0 Å². The summed E-state index contributed by atoms with van der Waals surface area (Å²) < 4.78 is 5.17. The van der Waals surface area contributed by atoms with E-state index in [0.717, 1.165) is 12.7 Å². The van der Waals surface area contributed by atoms with E-state index in [9.17, 15) is 9.59 Å². The molecule has 0 aliphatic rings. The molecule has 0 spiro atoms. The van der Waals surface area contributed by atoms with Crippen molar-refractivity contribution in [3.05, 3.63) is 0 Å². The van der Waals surface area contributed by atoms with Crippen LogP contribution in [0.4, 0.5) is 0 Å². The van der Waals surface area contributed by atoms with Gasteiger partial charge in [0.15, 0.2) is 0 Å². The average molecular weight is 244 g/mol. The molecule has 0 bridgehead atoms. The van der Waals surface area contributed by atoms with Gasteiger partial charge in [-0.2, -0.15) is 0 Å². The van der Waals surface area contributed by atoms with E-state index < -0.39 is 6.04 Å². The molecule has 17 heavy (non-hydrogen) atoms. The fourth-order valence-corrected chi connectivity index (χ4v) is 1.37. The summed E-state index contributed by atoms with van der Waals surface area (Å²) in [7, 11) is 0. The van der Waals surface area contributed by atoms with Gasteiger partial charge in [-0.25, -0.2) is 0 Å². The van der Waals surface area contributed by atoms with E-state index in [0.29, 0.717) is 38.5 Å². The van der Waals surface area contributed by atoms with Gasteiger partial charge in [0.1, 0.15) is 6.29 Å². The molecule has 3 N–H and O–H groups in total. The molecule has 0 heterocycles. The largest absolute Gasteiger partial charge is 0.381 e. The van der Waals surface area contributed by atoms with Crippen molar-refractivity contribution in [1.29, 1.82) is 0 Å². The Hall–Kier alpha value is -0.940. The second-order valence-electron chi connectivity index (χ2n) is 4.45. The highest BCUT2D eigenvalue weighted by Gasteiger charge is 2.13. The molecule has 0 saturated carbocycles. The summed E-state index contributed by atoms with van der Waals surface area (Å²) in [6.45, 7) is 5.63. The van der Waals surface area contributed by atoms with Crippen LogP contribution in [0.3, 0.4) is 0 Å². The van der Waals surface area contributed by atoms with Gasteiger partial charge in [-0.05, 0) is 18.8 Å². The van der Waals surface area contributed by atoms with Crippen LogP contribution in [0.25, 0.3) is 0 Å². The lowest BCUT2D eigenvalue weighted by atomic mass is 10.0. The summed E-state index contributed by atoms with van der Waals surface area (Å²) in [5.41, 5.74) is 5.72. The minimum atomic E-state index is -0.425. The van der Waals surface area contributed by atoms with Crippen LogP contribution in [0.2, 0.25) is 0 Å². The lowest BCUT2D eigenvalue weighted by Crippen LogP contribution is -2.41. The van der Waals surface area contributed by atoms with Gasteiger partial charge < -0.3 is 20.6 Å². The predicted molar refractivity (Wildman–Crippen MR) is 66.6 cm³/mol. The number of nitrogens with one attached hydrogen (secondary N) is 1. The Labute approximate surface area is 103 Å². The highest BCUT2D eigenvalue weighted by atomic mass is 16.5. The Kier molecular flexibility index (Phi) is 9.66. The number of nitrogens with two attached hydrogens (primary N) is 1. The van der Waals surface area contributed by atoms with E-state index >= 15 is 0 Å². The number of amides is 1. The second-order valence-corrected chi connectivity index (χ2v) is 4.45. The molecule has 0 aromatic rings. The molecule has 5 heteroatoms. The Bertz CT molecular complexity index is 220. The van der Waals surface area contributed by atoms with Crippen LogP contribution in [-0.4, -0.2) is 38.0 Å². The van der Waals surface area contributed by atoms with Crippen LogP contribution in [0.15, 0.2) is 0 Å². The summed E-state index contributed by atoms with van der Waals surface area (Å²) in [4.78, 5) is 21.5. The van der Waals surface area contributed by atoms with Gasteiger partial charge in [0.05, 0.1) is 12.6 Å². The van der Waals surface area contributed by atoms with Crippen molar-refractivity contribution >= 4 is 12.2 Å². The maximum absolute atomic E-state index is 11.5. The number of hydrogen-bond acceptors (Lipinski definition) is 4. The van der Waals surface area contributed by atoms with Crippen LogP contribution in [-0.2, 0) is 14.3 Å². The Morgan fingerprint density at radius 1 is 1.41 bits per heavy atom. The monoisotopic (exact) mass is 244 g/mol. The molecule has 0 fully saturated rings. The van der Waals surface area contributed by atoms with Crippen molar-refractivity contribution < 1.29 is 14.3 Å². The second kappa shape index (κ2) is 10.2. The molecule has 100 valence electrons. The Morgan fingerprint density at radius 2 is 2.12 bits per heavy atom. The van der Waals surface area contributed by atoms with E-state index in [1.807, 2.05) is 13.8 Å². The van der Waals surface area contributed by atoms with Gasteiger partial charge >= 0.3 is 0 Å². The zero-order valence-corrected chi connectivity index (χ0v) is 10.8. The molecular formula is C12H24N2O3. The highest BCUT2D eigenvalue weighted by molar-refractivity contribution is 5.81. The van der Waals surface area contributed by atoms with E-state index in [1.54, 1.807) is 0 Å². The minimum absolute atomic E-state index is 0.105. The van der Waals surface area contributed by atoms with Crippen LogP contribution >= 0.6 is 0 Å². The van der Waals surface area contributed by atoms with Gasteiger partial charge in [0, 0.05) is 19.6 Å². The van der Waals surface area contributed by atoms with E-state index in [4.69, 9.17) is 10.5 Å². The summed E-state index contributed by atoms with van der Waals surface area (Å²) >= 11 is 0. The standard InChI is InChI=1S/C12H24N2O3/c1-10(2)9-11(13)12(16)14-5-3-7-17-8-4-6-15/h6,10-11H,3-5,7-9,13H2,1-2H3,(H,14,16). The molecule has 1 atom stereocenters. The molecular weight excluding hydrogens is 220 g/mol. The maximum Gasteiger partial charge on any atom is 0.236 e. The van der Waals surface area contributed by atoms with E-state index in [2.05, 4.69) is 5.32 Å². The van der Waals surface area contributed by atoms with Gasteiger partial charge in [-0.15, -0.1) is 0 Å². The van der Waals surface area contributed by atoms with Gasteiger partial charge in [-0.3, -0.25) is 4.79 Å². The number of ether oxygens (including phenoxy) is 1. The van der Waals surface area contributed by atoms with Crippen molar-refractivity contribution in [2.75, 3.05) is 19.8 Å². The highest BCUT2D eigenvalue weighted by Crippen LogP contribution is 2.02. The molecule has 0 radical (unpaired) electrons. The number of carbonyl (C=O) groups excluding carboxylic acids is 2. The van der Waals surface area contributed by atoms with Gasteiger partial charge in [-0.1, -0.05) is 13.8 Å². The van der Waals surface area contributed by atoms with E-state index in [-0.39, 0.29) is 5.91 Å². The average Bonchev–Trinajstić information content (AvgIpc) is 2.26. The molecule has 0 aromatic heterocycles. The third-order valence-electron chi connectivity index (χ3n) is 2.21. The number of hydrogen-bond donors (Lipinski definition) is 2. The SMILES string of the molecule is CC(C)CC(N)C(=O)NCCCOCCC=O. The van der Waals surface area contributed by atoms with Gasteiger partial charge in [0.2, 0.25) is 5.91 Å². The van der Waals surface area contributed by atoms with Crippen molar-refractivity contribution in [1.82, 2.24) is 5.32 Å². The molecule has 1 amide bonds. The van der Waals surface area contributed by atoms with Crippen LogP contribution in [0.1, 0.15) is 33.1 Å². The van der Waals surface area contributed by atoms with Crippen LogP contribution < -0.4 is 11.1 Å². The normalized spacial score (nSPS) is 12.5. The summed E-state index contributed by atoms with van der Waals surface area (Å²) in [6.07, 6.45) is 2.68. The molecule has 5 nitrogen and oxygen atoms in total. The maximum atomic E-state index is 11.5. The zero-order chi connectivity index (χ0) is 13.1. The Morgan fingerprint density at radius 3 is 2.71 bits per heavy atom. The topological polar surface area (TPSA) is 81.4 Å². The number of aldehydes is 1. The first-order valence-electron chi connectivity index (χ1n) is 6.12. The molecule has 0 aliphatic carbocycles. The van der Waals surface area contributed by atoms with Crippen molar-refractivity contribution in [2.45, 2.75) is 39.2 Å². The molecule has 0 rings (SSSR count). The summed E-state index contributed by atoms with van der Waals surface area (Å²) in [5, 5.41) is 2.77. The lowest BCUT2D eigenvalue weighted by molar-refractivity contribution is -0.122. The smallest absolute Gasteiger partial charge is 0.236 e. The number of carbonyl (C=O) groups is 2. The fraction of sp³-hybridized carbons (Fsp3) is 0.833. The number of rotatable bonds is 10. The first-order chi connectivity index (χ1) is 8.07. The Balaban J connectivity index is 3.41. The molecule has 0 aliphatic heterocycles. The first kappa shape index (κ1) is 16.1. The van der Waals surface area contributed by atoms with Crippen molar-refractivity contribution in [3.63, 3.8) is 0 Å². The van der Waals surface area contributed by atoms with Crippen LogP contribution in [0, 0.1) is 5.92 Å². The lowest BCUT2D eigenvalue weighted by Gasteiger charge is -2.14. The van der Waals surface area contributed by atoms with E-state index in [1.165, 1.54) is 0 Å². The van der Waals surface area contributed by atoms with Crippen molar-refractivity contribution in [2.24, 2.45) is 11.7 Å². The summed E-state index contributed by atoms with van der Waals surface area (Å²) in [5.74, 6) is 0.314. The van der Waals surface area contributed by atoms with Crippen LogP contribution in [0.5, 0.6) is 0 Å². The quantitative estimate of drug-likeness (QED) is 0.432. The van der Waals surface area contributed by atoms with Gasteiger partial charge in [0.25, 0.3) is 0 Å². The third kappa shape index (κ3) is 9.96. The fourth-order valence-electron chi connectivity index (χ4n) is 1.37. The zero-order valence-electron chi connectivity index (χ0n) is 10.8. The molecule has 0 aromatic carbocycles. The molecule has 1 unspecified atom stereocenters. The molecule has 0 saturated heterocycles. The third-order valence-corrected chi connectivity index (χ3v) is 2.21. The summed E-state index contributed by atoms with van der Waals surface area (Å²) in [6, 6.07) is -0.425. The predicted octanol–water partition coefficient (Wildman–Crippen LogP) is 0.472. The first-order valence-corrected chi connectivity index (χ1v) is 6.12.